The number of hydrogen-bond donors (Lipinski definition) is 1. The first-order valence-electron chi connectivity index (χ1n) is 9.12. The van der Waals surface area contributed by atoms with Crippen molar-refractivity contribution in [1.82, 2.24) is 5.32 Å². The van der Waals surface area contributed by atoms with Gasteiger partial charge in [-0.3, -0.25) is 4.79 Å². The van der Waals surface area contributed by atoms with Crippen molar-refractivity contribution in [3.63, 3.8) is 0 Å². The van der Waals surface area contributed by atoms with Gasteiger partial charge in [0.2, 0.25) is 5.91 Å². The lowest BCUT2D eigenvalue weighted by molar-refractivity contribution is -0.119. The van der Waals surface area contributed by atoms with Gasteiger partial charge in [0.05, 0.1) is 25.5 Å². The maximum Gasteiger partial charge on any atom is 0.235 e. The minimum atomic E-state index is -3.38. The van der Waals surface area contributed by atoms with Gasteiger partial charge in [0.1, 0.15) is 12.4 Å². The molecule has 1 N–H and O–H groups in total. The van der Waals surface area contributed by atoms with Crippen LogP contribution < -0.4 is 14.8 Å². The minimum Gasteiger partial charge on any atom is -0.493 e. The Morgan fingerprint density at radius 3 is 2.52 bits per heavy atom. The van der Waals surface area contributed by atoms with Crippen LogP contribution in [-0.2, 0) is 19.4 Å². The van der Waals surface area contributed by atoms with Gasteiger partial charge in [-0.25, -0.2) is 8.42 Å². The Labute approximate surface area is 162 Å². The molecular weight excluding hydrogens is 370 g/mol. The van der Waals surface area contributed by atoms with E-state index in [1.165, 1.54) is 7.11 Å². The summed E-state index contributed by atoms with van der Waals surface area (Å²) in [6, 6.07) is 4.98. The Hall–Kier alpha value is -1.80. The maximum atomic E-state index is 12.1. The highest BCUT2D eigenvalue weighted by Crippen LogP contribution is 2.30. The quantitative estimate of drug-likeness (QED) is 0.511. The third-order valence-corrected chi connectivity index (χ3v) is 5.63. The van der Waals surface area contributed by atoms with Crippen molar-refractivity contribution in [2.75, 3.05) is 38.9 Å². The third-order valence-electron chi connectivity index (χ3n) is 4.02. The number of benzene rings is 1. The molecule has 0 bridgehead atoms. The van der Waals surface area contributed by atoms with Crippen molar-refractivity contribution in [3.05, 3.63) is 23.8 Å². The summed E-state index contributed by atoms with van der Waals surface area (Å²) in [7, 11) is -0.250. The molecule has 0 saturated heterocycles. The fraction of sp³-hybridized carbons (Fsp3) is 0.632. The Bertz CT molecular complexity index is 689. The van der Waals surface area contributed by atoms with Gasteiger partial charge in [0.15, 0.2) is 21.3 Å². The summed E-state index contributed by atoms with van der Waals surface area (Å²) in [5.41, 5.74) is 0.794. The topological polar surface area (TPSA) is 90.9 Å². The van der Waals surface area contributed by atoms with Crippen LogP contribution in [-0.4, -0.2) is 53.3 Å². The molecule has 27 heavy (non-hydrogen) atoms. The van der Waals surface area contributed by atoms with E-state index in [4.69, 9.17) is 14.2 Å². The molecule has 154 valence electrons. The molecule has 0 aliphatic carbocycles. The molecule has 7 nitrogen and oxygen atoms in total. The van der Waals surface area contributed by atoms with E-state index in [2.05, 4.69) is 5.32 Å². The van der Waals surface area contributed by atoms with Crippen LogP contribution in [0.5, 0.6) is 11.5 Å². The summed E-state index contributed by atoms with van der Waals surface area (Å²) >= 11 is 0. The minimum absolute atomic E-state index is 0.0456. The molecule has 0 spiro atoms. The van der Waals surface area contributed by atoms with E-state index < -0.39 is 21.5 Å². The summed E-state index contributed by atoms with van der Waals surface area (Å²) < 4.78 is 39.9. The van der Waals surface area contributed by atoms with Crippen molar-refractivity contribution < 1.29 is 27.4 Å². The first kappa shape index (κ1) is 23.2. The van der Waals surface area contributed by atoms with Crippen LogP contribution in [0.3, 0.4) is 0 Å². The average molecular weight is 402 g/mol. The average Bonchev–Trinajstić information content (AvgIpc) is 2.61. The normalized spacial score (nSPS) is 12.4. The number of hydrogen-bond acceptors (Lipinski definition) is 6. The monoisotopic (exact) mass is 401 g/mol. The van der Waals surface area contributed by atoms with Crippen LogP contribution in [0.1, 0.15) is 44.7 Å². The van der Waals surface area contributed by atoms with E-state index >= 15 is 0 Å². The zero-order chi connectivity index (χ0) is 20.3. The SMILES string of the molecule is CCCCCS(=O)(=O)CC(=O)NC(C)c1ccc(OCCOC)c(OC)c1. The molecule has 0 aromatic heterocycles. The number of methoxy groups -OCH3 is 2. The van der Waals surface area contributed by atoms with Gasteiger partial charge in [0.25, 0.3) is 0 Å². The van der Waals surface area contributed by atoms with Crippen LogP contribution in [0, 0.1) is 0 Å². The van der Waals surface area contributed by atoms with E-state index in [1.807, 2.05) is 13.0 Å². The Morgan fingerprint density at radius 1 is 1.15 bits per heavy atom. The second-order valence-corrected chi connectivity index (χ2v) is 8.52. The lowest BCUT2D eigenvalue weighted by Crippen LogP contribution is -2.33. The van der Waals surface area contributed by atoms with Crippen molar-refractivity contribution in [3.8, 4) is 11.5 Å². The lowest BCUT2D eigenvalue weighted by Gasteiger charge is -2.17. The number of carbonyl (C=O) groups is 1. The fourth-order valence-electron chi connectivity index (χ4n) is 2.52. The summed E-state index contributed by atoms with van der Waals surface area (Å²) in [6.45, 7) is 4.66. The molecule has 1 unspecified atom stereocenters. The molecule has 1 rings (SSSR count). The first-order chi connectivity index (χ1) is 12.8. The van der Waals surface area contributed by atoms with Crippen LogP contribution in [0.4, 0.5) is 0 Å². The predicted molar refractivity (Wildman–Crippen MR) is 105 cm³/mol. The summed E-state index contributed by atoms with van der Waals surface area (Å²) in [5.74, 6) is 0.172. The number of unbranched alkanes of at least 4 members (excludes halogenated alkanes) is 2. The molecule has 1 amide bonds. The Morgan fingerprint density at radius 2 is 1.89 bits per heavy atom. The molecule has 0 saturated carbocycles. The Balaban J connectivity index is 2.67. The molecule has 1 aromatic carbocycles. The van der Waals surface area contributed by atoms with E-state index in [-0.39, 0.29) is 11.8 Å². The van der Waals surface area contributed by atoms with Gasteiger partial charge < -0.3 is 19.5 Å². The smallest absolute Gasteiger partial charge is 0.235 e. The van der Waals surface area contributed by atoms with Crippen molar-refractivity contribution in [1.29, 1.82) is 0 Å². The van der Waals surface area contributed by atoms with Gasteiger partial charge in [-0.15, -0.1) is 0 Å². The van der Waals surface area contributed by atoms with Gasteiger partial charge in [-0.2, -0.15) is 0 Å². The molecule has 0 aliphatic rings. The van der Waals surface area contributed by atoms with Gasteiger partial charge in [-0.1, -0.05) is 25.8 Å². The van der Waals surface area contributed by atoms with Gasteiger partial charge >= 0.3 is 0 Å². The van der Waals surface area contributed by atoms with Gasteiger partial charge in [0, 0.05) is 7.11 Å². The van der Waals surface area contributed by atoms with Gasteiger partial charge in [-0.05, 0) is 31.0 Å². The predicted octanol–water partition coefficient (Wildman–Crippen LogP) is 2.50. The molecule has 1 aromatic rings. The van der Waals surface area contributed by atoms with Crippen LogP contribution in [0.15, 0.2) is 18.2 Å². The fourth-order valence-corrected chi connectivity index (χ4v) is 3.79. The molecule has 1 atom stereocenters. The first-order valence-corrected chi connectivity index (χ1v) is 10.9. The van der Waals surface area contributed by atoms with Crippen LogP contribution in [0.2, 0.25) is 0 Å². The molecular formula is C19H31NO6S. The van der Waals surface area contributed by atoms with Crippen molar-refractivity contribution in [2.24, 2.45) is 0 Å². The molecule has 0 radical (unpaired) electrons. The molecule has 0 fully saturated rings. The Kier molecular flexibility index (Phi) is 10.2. The van der Waals surface area contributed by atoms with E-state index in [0.29, 0.717) is 31.1 Å². The number of ether oxygens (including phenoxy) is 3. The highest BCUT2D eigenvalue weighted by molar-refractivity contribution is 7.92. The van der Waals surface area contributed by atoms with Crippen LogP contribution in [0.25, 0.3) is 0 Å². The number of nitrogens with one attached hydrogen (secondary N) is 1. The number of rotatable bonds is 13. The van der Waals surface area contributed by atoms with Crippen molar-refractivity contribution in [2.45, 2.75) is 39.2 Å². The van der Waals surface area contributed by atoms with E-state index in [9.17, 15) is 13.2 Å². The lowest BCUT2D eigenvalue weighted by atomic mass is 10.1. The largest absolute Gasteiger partial charge is 0.493 e. The summed E-state index contributed by atoms with van der Waals surface area (Å²) in [5, 5.41) is 2.73. The highest BCUT2D eigenvalue weighted by Gasteiger charge is 2.19. The van der Waals surface area contributed by atoms with Crippen molar-refractivity contribution >= 4 is 15.7 Å². The standard InChI is InChI=1S/C19H31NO6S/c1-5-6-7-12-27(22,23)14-19(21)20-15(2)16-8-9-17(18(13-16)25-4)26-11-10-24-3/h8-9,13,15H,5-7,10-12,14H2,1-4H3,(H,20,21). The zero-order valence-electron chi connectivity index (χ0n) is 16.6. The second kappa shape index (κ2) is 11.8. The van der Waals surface area contributed by atoms with E-state index in [0.717, 1.165) is 18.4 Å². The zero-order valence-corrected chi connectivity index (χ0v) is 17.4. The van der Waals surface area contributed by atoms with E-state index in [1.54, 1.807) is 26.2 Å². The molecule has 8 heteroatoms. The van der Waals surface area contributed by atoms with Crippen LogP contribution >= 0.6 is 0 Å². The maximum absolute atomic E-state index is 12.1. The highest BCUT2D eigenvalue weighted by atomic mass is 32.2. The summed E-state index contributed by atoms with van der Waals surface area (Å²) in [6.07, 6.45) is 2.37. The number of amides is 1. The molecule has 0 aliphatic heterocycles. The molecule has 0 heterocycles. The third kappa shape index (κ3) is 8.62. The number of carbonyl (C=O) groups excluding carboxylic acids is 1. The summed E-state index contributed by atoms with van der Waals surface area (Å²) in [4.78, 5) is 12.1. The second-order valence-electron chi connectivity index (χ2n) is 6.34. The number of sulfone groups is 1.